The van der Waals surface area contributed by atoms with E-state index >= 15 is 0 Å². The van der Waals surface area contributed by atoms with Gasteiger partial charge >= 0.3 is 11.7 Å². The summed E-state index contributed by atoms with van der Waals surface area (Å²) in [6.07, 6.45) is 5.30. The van der Waals surface area contributed by atoms with Gasteiger partial charge in [0.1, 0.15) is 0 Å². The van der Waals surface area contributed by atoms with E-state index in [1.165, 1.54) is 6.20 Å². The molecule has 7 nitrogen and oxygen atoms in total. The van der Waals surface area contributed by atoms with Crippen LogP contribution in [0.4, 0.5) is 11.5 Å². The first-order chi connectivity index (χ1) is 9.90. The predicted molar refractivity (Wildman–Crippen MR) is 77.7 cm³/mol. The minimum atomic E-state index is -1.22. The van der Waals surface area contributed by atoms with Crippen LogP contribution in [-0.2, 0) is 0 Å². The summed E-state index contributed by atoms with van der Waals surface area (Å²) in [5.74, 6) is -0.289. The number of carboxylic acids is 1. The zero-order valence-corrected chi connectivity index (χ0v) is 12.2. The molecule has 1 saturated carbocycles. The molecule has 0 amide bonds. The number of nitrogens with zero attached hydrogens (tertiary/aromatic N) is 3. The first-order valence-corrected chi connectivity index (χ1v) is 7.00. The van der Waals surface area contributed by atoms with Crippen molar-refractivity contribution in [2.75, 3.05) is 11.9 Å². The van der Waals surface area contributed by atoms with Crippen LogP contribution < -0.4 is 4.90 Å². The van der Waals surface area contributed by atoms with Gasteiger partial charge < -0.3 is 10.0 Å². The molecule has 0 bridgehead atoms. The van der Waals surface area contributed by atoms with Crippen LogP contribution in [0.5, 0.6) is 0 Å². The minimum absolute atomic E-state index is 0.170. The number of carboxylic acid groups (broad SMARTS) is 1. The Balaban J connectivity index is 2.29. The Morgan fingerprint density at radius 3 is 2.57 bits per heavy atom. The molecule has 1 N–H and O–H groups in total. The van der Waals surface area contributed by atoms with Gasteiger partial charge in [-0.3, -0.25) is 10.1 Å². The van der Waals surface area contributed by atoms with Crippen LogP contribution in [0.3, 0.4) is 0 Å². The third kappa shape index (κ3) is 3.29. The lowest BCUT2D eigenvalue weighted by molar-refractivity contribution is -0.384. The van der Waals surface area contributed by atoms with Gasteiger partial charge in [-0.1, -0.05) is 6.92 Å². The second-order valence-corrected chi connectivity index (χ2v) is 5.65. The summed E-state index contributed by atoms with van der Waals surface area (Å²) < 4.78 is 0. The maximum Gasteiger partial charge on any atom is 0.337 e. The summed E-state index contributed by atoms with van der Waals surface area (Å²) in [6, 6.07) is 1.29. The molecule has 0 aliphatic heterocycles. The van der Waals surface area contributed by atoms with Crippen LogP contribution in [0.2, 0.25) is 0 Å². The molecule has 114 valence electrons. The summed E-state index contributed by atoms with van der Waals surface area (Å²) in [5, 5.41) is 20.1. The van der Waals surface area contributed by atoms with E-state index in [1.54, 1.807) is 7.05 Å². The molecule has 1 heterocycles. The number of aromatic nitrogens is 1. The predicted octanol–water partition coefficient (Wildman–Crippen LogP) is 2.70. The first kappa shape index (κ1) is 15.2. The minimum Gasteiger partial charge on any atom is -0.478 e. The maximum atomic E-state index is 11.2. The molecule has 21 heavy (non-hydrogen) atoms. The number of hydrogen-bond acceptors (Lipinski definition) is 5. The van der Waals surface area contributed by atoms with Gasteiger partial charge in [0, 0.05) is 25.4 Å². The molecule has 0 saturated heterocycles. The molecule has 0 radical (unpaired) electrons. The summed E-state index contributed by atoms with van der Waals surface area (Å²) in [4.78, 5) is 27.4. The van der Waals surface area contributed by atoms with Crippen LogP contribution in [0, 0.1) is 16.0 Å². The molecule has 0 spiro atoms. The topological polar surface area (TPSA) is 96.6 Å². The van der Waals surface area contributed by atoms with Crippen LogP contribution >= 0.6 is 0 Å². The van der Waals surface area contributed by atoms with Crippen LogP contribution in [-0.4, -0.2) is 34.1 Å². The number of rotatable bonds is 4. The SMILES string of the molecule is CC1CCC(N(C)c2ncc(C(=O)O)cc2[N+](=O)[O-])CC1. The lowest BCUT2D eigenvalue weighted by atomic mass is 9.87. The van der Waals surface area contributed by atoms with E-state index in [9.17, 15) is 14.9 Å². The van der Waals surface area contributed by atoms with Crippen molar-refractivity contribution in [3.63, 3.8) is 0 Å². The number of pyridine rings is 1. The van der Waals surface area contributed by atoms with Gasteiger partial charge in [-0.05, 0) is 31.6 Å². The fourth-order valence-corrected chi connectivity index (χ4v) is 2.77. The van der Waals surface area contributed by atoms with Gasteiger partial charge in [0.05, 0.1) is 10.5 Å². The Labute approximate surface area is 122 Å². The highest BCUT2D eigenvalue weighted by molar-refractivity contribution is 5.88. The van der Waals surface area contributed by atoms with Crippen molar-refractivity contribution in [3.05, 3.63) is 27.9 Å². The molecule has 1 aromatic heterocycles. The van der Waals surface area contributed by atoms with Crippen molar-refractivity contribution in [1.29, 1.82) is 0 Å². The standard InChI is InChI=1S/C14H19N3O4/c1-9-3-5-11(6-4-9)16(2)13-12(17(20)21)7-10(8-15-13)14(18)19/h7-9,11H,3-6H2,1-2H3,(H,18,19). The lowest BCUT2D eigenvalue weighted by Crippen LogP contribution is -2.35. The van der Waals surface area contributed by atoms with Crippen molar-refractivity contribution in [3.8, 4) is 0 Å². The Hall–Kier alpha value is -2.18. The highest BCUT2D eigenvalue weighted by Gasteiger charge is 2.28. The zero-order chi connectivity index (χ0) is 15.6. The number of aromatic carboxylic acids is 1. The molecule has 1 aromatic rings. The number of hydrogen-bond donors (Lipinski definition) is 1. The maximum absolute atomic E-state index is 11.2. The van der Waals surface area contributed by atoms with Gasteiger partial charge in [-0.2, -0.15) is 0 Å². The van der Waals surface area contributed by atoms with E-state index < -0.39 is 10.9 Å². The summed E-state index contributed by atoms with van der Waals surface area (Å²) in [6.45, 7) is 2.21. The van der Waals surface area contributed by atoms with E-state index in [1.807, 2.05) is 4.90 Å². The fraction of sp³-hybridized carbons (Fsp3) is 0.571. The second-order valence-electron chi connectivity index (χ2n) is 5.65. The molecule has 2 rings (SSSR count). The Morgan fingerprint density at radius 2 is 2.05 bits per heavy atom. The molecule has 0 unspecified atom stereocenters. The molecule has 1 fully saturated rings. The Morgan fingerprint density at radius 1 is 1.43 bits per heavy atom. The summed E-state index contributed by atoms with van der Waals surface area (Å²) in [7, 11) is 1.79. The van der Waals surface area contributed by atoms with E-state index in [0.717, 1.165) is 31.7 Å². The number of carbonyl (C=O) groups is 1. The largest absolute Gasteiger partial charge is 0.478 e. The van der Waals surface area contributed by atoms with Crippen molar-refractivity contribution in [2.24, 2.45) is 5.92 Å². The molecular formula is C14H19N3O4. The Kier molecular flexibility index (Phi) is 4.40. The summed E-state index contributed by atoms with van der Waals surface area (Å²) >= 11 is 0. The van der Waals surface area contributed by atoms with Crippen molar-refractivity contribution in [2.45, 2.75) is 38.6 Å². The van der Waals surface area contributed by atoms with Gasteiger partial charge in [0.15, 0.2) is 0 Å². The van der Waals surface area contributed by atoms with Gasteiger partial charge in [-0.25, -0.2) is 9.78 Å². The van der Waals surface area contributed by atoms with E-state index in [0.29, 0.717) is 5.92 Å². The molecule has 0 atom stereocenters. The highest BCUT2D eigenvalue weighted by Crippen LogP contribution is 2.32. The average Bonchev–Trinajstić information content (AvgIpc) is 2.46. The van der Waals surface area contributed by atoms with Gasteiger partial charge in [0.2, 0.25) is 5.82 Å². The van der Waals surface area contributed by atoms with Crippen LogP contribution in [0.15, 0.2) is 12.3 Å². The Bertz CT molecular complexity index is 553. The smallest absolute Gasteiger partial charge is 0.337 e. The zero-order valence-electron chi connectivity index (χ0n) is 12.2. The molecule has 1 aliphatic rings. The average molecular weight is 293 g/mol. The third-order valence-corrected chi connectivity index (χ3v) is 4.16. The molecular weight excluding hydrogens is 274 g/mol. The van der Waals surface area contributed by atoms with Crippen LogP contribution in [0.1, 0.15) is 43.0 Å². The van der Waals surface area contributed by atoms with Crippen molar-refractivity contribution >= 4 is 17.5 Å². The van der Waals surface area contributed by atoms with Gasteiger partial charge in [0.25, 0.3) is 0 Å². The van der Waals surface area contributed by atoms with E-state index in [2.05, 4.69) is 11.9 Å². The monoisotopic (exact) mass is 293 g/mol. The third-order valence-electron chi connectivity index (χ3n) is 4.16. The fourth-order valence-electron chi connectivity index (χ4n) is 2.77. The lowest BCUT2D eigenvalue weighted by Gasteiger charge is -2.34. The van der Waals surface area contributed by atoms with Gasteiger partial charge in [-0.15, -0.1) is 0 Å². The van der Waals surface area contributed by atoms with Crippen molar-refractivity contribution < 1.29 is 14.8 Å². The van der Waals surface area contributed by atoms with Crippen molar-refractivity contribution in [1.82, 2.24) is 4.98 Å². The molecule has 1 aliphatic carbocycles. The quantitative estimate of drug-likeness (QED) is 0.677. The molecule has 7 heteroatoms. The summed E-state index contributed by atoms with van der Waals surface area (Å²) in [5.41, 5.74) is -0.424. The highest BCUT2D eigenvalue weighted by atomic mass is 16.6. The first-order valence-electron chi connectivity index (χ1n) is 7.00. The van der Waals surface area contributed by atoms with Crippen LogP contribution in [0.25, 0.3) is 0 Å². The van der Waals surface area contributed by atoms with E-state index in [-0.39, 0.29) is 23.1 Å². The molecule has 0 aromatic carbocycles. The number of nitro groups is 1. The normalized spacial score (nSPS) is 21.8. The second kappa shape index (κ2) is 6.07. The number of anilines is 1. The van der Waals surface area contributed by atoms with E-state index in [4.69, 9.17) is 5.11 Å².